The Bertz CT molecular complexity index is 792. The van der Waals surface area contributed by atoms with Gasteiger partial charge in [-0.2, -0.15) is 0 Å². The summed E-state index contributed by atoms with van der Waals surface area (Å²) in [6, 6.07) is 11.5. The van der Waals surface area contributed by atoms with Crippen LogP contribution in [0.1, 0.15) is 30.9 Å². The molecule has 0 spiro atoms. The van der Waals surface area contributed by atoms with Gasteiger partial charge in [-0.05, 0) is 57.2 Å². The van der Waals surface area contributed by atoms with Gasteiger partial charge in [-0.3, -0.25) is 4.79 Å². The second kappa shape index (κ2) is 9.65. The van der Waals surface area contributed by atoms with E-state index in [1.807, 2.05) is 36.4 Å². The number of methoxy groups -OCH3 is 2. The van der Waals surface area contributed by atoms with Crippen LogP contribution in [0.15, 0.2) is 40.9 Å². The van der Waals surface area contributed by atoms with Crippen molar-refractivity contribution in [2.75, 3.05) is 27.9 Å². The predicted molar refractivity (Wildman–Crippen MR) is 110 cm³/mol. The second-order valence-electron chi connectivity index (χ2n) is 6.57. The summed E-state index contributed by atoms with van der Waals surface area (Å²) in [6.07, 6.45) is 0. The Morgan fingerprint density at radius 2 is 1.70 bits per heavy atom. The van der Waals surface area contributed by atoms with Gasteiger partial charge in [0.15, 0.2) is 18.1 Å². The lowest BCUT2D eigenvalue weighted by Gasteiger charge is -2.19. The van der Waals surface area contributed by atoms with E-state index in [1.54, 1.807) is 26.2 Å². The van der Waals surface area contributed by atoms with Crippen LogP contribution in [-0.2, 0) is 11.3 Å². The van der Waals surface area contributed by atoms with Crippen LogP contribution in [0.2, 0.25) is 0 Å². The summed E-state index contributed by atoms with van der Waals surface area (Å²) in [6.45, 7) is 4.70. The maximum Gasteiger partial charge on any atom is 0.260 e. The number of rotatable bonds is 8. The molecule has 1 amide bonds. The Morgan fingerprint density at radius 1 is 1.04 bits per heavy atom. The molecule has 0 aliphatic rings. The van der Waals surface area contributed by atoms with Gasteiger partial charge in [0.1, 0.15) is 5.75 Å². The summed E-state index contributed by atoms with van der Waals surface area (Å²) >= 11 is 3.51. The molecule has 6 heteroatoms. The third-order valence-corrected chi connectivity index (χ3v) is 4.89. The number of likely N-dealkylation sites (N-methyl/N-ethyl adjacent to an activating group) is 1. The highest BCUT2D eigenvalue weighted by Crippen LogP contribution is 2.29. The van der Waals surface area contributed by atoms with Crippen molar-refractivity contribution in [2.24, 2.45) is 0 Å². The molecular weight excluding hydrogens is 410 g/mol. The lowest BCUT2D eigenvalue weighted by molar-refractivity contribution is -0.132. The summed E-state index contributed by atoms with van der Waals surface area (Å²) in [5, 5.41) is 0. The summed E-state index contributed by atoms with van der Waals surface area (Å²) in [4.78, 5) is 14.0. The molecule has 0 unspecified atom stereocenters. The Morgan fingerprint density at radius 3 is 2.30 bits per heavy atom. The van der Waals surface area contributed by atoms with Gasteiger partial charge < -0.3 is 19.1 Å². The highest BCUT2D eigenvalue weighted by molar-refractivity contribution is 9.10. The molecule has 0 fully saturated rings. The van der Waals surface area contributed by atoms with Crippen molar-refractivity contribution >= 4 is 21.8 Å². The molecule has 0 radical (unpaired) electrons. The Labute approximate surface area is 169 Å². The van der Waals surface area contributed by atoms with Crippen molar-refractivity contribution in [3.05, 3.63) is 52.0 Å². The number of halogens is 1. The van der Waals surface area contributed by atoms with Gasteiger partial charge in [0.2, 0.25) is 0 Å². The molecule has 0 aliphatic carbocycles. The molecule has 0 saturated carbocycles. The summed E-state index contributed by atoms with van der Waals surface area (Å²) in [5.41, 5.74) is 2.16. The van der Waals surface area contributed by atoms with E-state index < -0.39 is 0 Å². The fourth-order valence-electron chi connectivity index (χ4n) is 2.58. The summed E-state index contributed by atoms with van der Waals surface area (Å²) < 4.78 is 17.1. The average Bonchev–Trinajstić information content (AvgIpc) is 2.66. The van der Waals surface area contributed by atoms with Crippen molar-refractivity contribution in [1.29, 1.82) is 0 Å². The van der Waals surface area contributed by atoms with Crippen LogP contribution in [-0.4, -0.2) is 38.7 Å². The van der Waals surface area contributed by atoms with Crippen LogP contribution >= 0.6 is 15.9 Å². The molecule has 0 N–H and O–H groups in total. The van der Waals surface area contributed by atoms with Crippen molar-refractivity contribution in [3.63, 3.8) is 0 Å². The zero-order valence-corrected chi connectivity index (χ0v) is 18.0. The minimum Gasteiger partial charge on any atom is -0.493 e. The van der Waals surface area contributed by atoms with Gasteiger partial charge in [0.25, 0.3) is 5.91 Å². The molecule has 146 valence electrons. The number of amides is 1. The molecule has 0 aromatic heterocycles. The molecule has 0 saturated heterocycles. The fourth-order valence-corrected chi connectivity index (χ4v) is 3.09. The maximum absolute atomic E-state index is 12.4. The summed E-state index contributed by atoms with van der Waals surface area (Å²) in [5.74, 6) is 2.29. The van der Waals surface area contributed by atoms with Crippen LogP contribution in [0.3, 0.4) is 0 Å². The van der Waals surface area contributed by atoms with E-state index >= 15 is 0 Å². The first-order valence-corrected chi connectivity index (χ1v) is 9.52. The normalized spacial score (nSPS) is 10.6. The van der Waals surface area contributed by atoms with E-state index in [9.17, 15) is 4.79 Å². The topological polar surface area (TPSA) is 48.0 Å². The van der Waals surface area contributed by atoms with Crippen LogP contribution in [0, 0.1) is 0 Å². The maximum atomic E-state index is 12.4. The van der Waals surface area contributed by atoms with Crippen molar-refractivity contribution in [1.82, 2.24) is 4.90 Å². The van der Waals surface area contributed by atoms with Gasteiger partial charge in [-0.15, -0.1) is 0 Å². The Hall–Kier alpha value is -2.21. The van der Waals surface area contributed by atoms with Crippen LogP contribution in [0.25, 0.3) is 0 Å². The third kappa shape index (κ3) is 5.63. The number of benzene rings is 2. The highest BCUT2D eigenvalue weighted by Gasteiger charge is 2.13. The van der Waals surface area contributed by atoms with Crippen molar-refractivity contribution in [3.8, 4) is 17.2 Å². The summed E-state index contributed by atoms with van der Waals surface area (Å²) in [7, 11) is 4.93. The minimum absolute atomic E-state index is 0.0244. The third-order valence-electron chi connectivity index (χ3n) is 4.27. The standard InChI is InChI=1S/C21H26BrNO4/c1-14(2)16-7-9-18(17(22)11-16)27-13-21(24)23(3)12-15-6-8-19(25-4)20(10-15)26-5/h6-11,14H,12-13H2,1-5H3. The molecule has 0 atom stereocenters. The number of carbonyl (C=O) groups excluding carboxylic acids is 1. The van der Waals surface area contributed by atoms with Gasteiger partial charge in [0.05, 0.1) is 18.7 Å². The zero-order valence-electron chi connectivity index (χ0n) is 16.4. The fraction of sp³-hybridized carbons (Fsp3) is 0.381. The van der Waals surface area contributed by atoms with E-state index in [2.05, 4.69) is 29.8 Å². The van der Waals surface area contributed by atoms with E-state index in [0.717, 1.165) is 10.0 Å². The number of hydrogen-bond donors (Lipinski definition) is 0. The molecule has 27 heavy (non-hydrogen) atoms. The van der Waals surface area contributed by atoms with Crippen LogP contribution in [0.5, 0.6) is 17.2 Å². The number of carbonyl (C=O) groups is 1. The molecule has 0 aliphatic heterocycles. The first kappa shape index (κ1) is 21.1. The monoisotopic (exact) mass is 435 g/mol. The smallest absolute Gasteiger partial charge is 0.260 e. The van der Waals surface area contributed by atoms with E-state index in [0.29, 0.717) is 29.7 Å². The first-order chi connectivity index (χ1) is 12.8. The van der Waals surface area contributed by atoms with Gasteiger partial charge in [0, 0.05) is 13.6 Å². The Kier molecular flexibility index (Phi) is 7.54. The lowest BCUT2D eigenvalue weighted by Crippen LogP contribution is -2.31. The van der Waals surface area contributed by atoms with E-state index in [-0.39, 0.29) is 12.5 Å². The van der Waals surface area contributed by atoms with Crippen molar-refractivity contribution in [2.45, 2.75) is 26.3 Å². The molecule has 0 bridgehead atoms. The molecule has 2 aromatic carbocycles. The molecular formula is C21H26BrNO4. The van der Waals surface area contributed by atoms with E-state index in [4.69, 9.17) is 14.2 Å². The van der Waals surface area contributed by atoms with E-state index in [1.165, 1.54) is 5.56 Å². The van der Waals surface area contributed by atoms with Gasteiger partial charge in [-0.1, -0.05) is 26.0 Å². The highest BCUT2D eigenvalue weighted by atomic mass is 79.9. The van der Waals surface area contributed by atoms with Crippen LogP contribution < -0.4 is 14.2 Å². The van der Waals surface area contributed by atoms with Crippen molar-refractivity contribution < 1.29 is 19.0 Å². The van der Waals surface area contributed by atoms with Gasteiger partial charge >= 0.3 is 0 Å². The SMILES string of the molecule is COc1ccc(CN(C)C(=O)COc2ccc(C(C)C)cc2Br)cc1OC. The minimum atomic E-state index is -0.107. The number of hydrogen-bond acceptors (Lipinski definition) is 4. The molecule has 2 aromatic rings. The van der Waals surface area contributed by atoms with Crippen LogP contribution in [0.4, 0.5) is 0 Å². The molecule has 0 heterocycles. The number of nitrogens with zero attached hydrogens (tertiary/aromatic N) is 1. The first-order valence-electron chi connectivity index (χ1n) is 8.72. The molecule has 2 rings (SSSR count). The predicted octanol–water partition coefficient (Wildman–Crippen LogP) is 4.63. The number of ether oxygens (including phenoxy) is 3. The average molecular weight is 436 g/mol. The largest absolute Gasteiger partial charge is 0.493 e. The second-order valence-corrected chi connectivity index (χ2v) is 7.43. The Balaban J connectivity index is 1.96. The van der Waals surface area contributed by atoms with Gasteiger partial charge in [-0.25, -0.2) is 0 Å². The zero-order chi connectivity index (χ0) is 20.0. The lowest BCUT2D eigenvalue weighted by atomic mass is 10.0. The molecule has 5 nitrogen and oxygen atoms in total. The quantitative estimate of drug-likeness (QED) is 0.606.